The molecule has 2 heterocycles. The topological polar surface area (TPSA) is 71.2 Å². The van der Waals surface area contributed by atoms with Crippen molar-refractivity contribution in [2.24, 2.45) is 0 Å². The average molecular weight is 208 g/mol. The molecule has 0 spiro atoms. The molecule has 0 radical (unpaired) electrons. The van der Waals surface area contributed by atoms with Crippen LogP contribution in [-0.2, 0) is 11.2 Å². The number of H-pyrrole nitrogens is 1. The number of rotatable bonds is 1. The maximum atomic E-state index is 11.6. The number of pyridine rings is 1. The summed E-state index contributed by atoms with van der Waals surface area (Å²) >= 11 is 0. The Morgan fingerprint density at radius 2 is 2.20 bits per heavy atom. The number of nitrogens with one attached hydrogen (secondary N) is 2. The van der Waals surface area contributed by atoms with Crippen LogP contribution in [0.4, 0.5) is 5.82 Å². The van der Waals surface area contributed by atoms with Gasteiger partial charge < -0.3 is 15.0 Å². The van der Waals surface area contributed by atoms with E-state index in [-0.39, 0.29) is 5.56 Å². The van der Waals surface area contributed by atoms with Crippen LogP contribution in [-0.4, -0.2) is 24.6 Å². The number of hydrogen-bond donors (Lipinski definition) is 2. The van der Waals surface area contributed by atoms with Crippen molar-refractivity contribution in [2.75, 3.05) is 19.0 Å². The zero-order valence-electron chi connectivity index (χ0n) is 8.64. The van der Waals surface area contributed by atoms with Crippen LogP contribution in [0.5, 0.6) is 0 Å². The molecular weight excluding hydrogens is 196 g/mol. The van der Waals surface area contributed by atoms with Crippen LogP contribution in [0.3, 0.4) is 0 Å². The third kappa shape index (κ3) is 1.40. The molecule has 0 aromatic carbocycles. The molecule has 0 saturated heterocycles. The van der Waals surface area contributed by atoms with Gasteiger partial charge >= 0.3 is 5.97 Å². The van der Waals surface area contributed by atoms with Crippen molar-refractivity contribution in [3.8, 4) is 0 Å². The molecule has 0 fully saturated rings. The first-order valence-corrected chi connectivity index (χ1v) is 4.73. The quantitative estimate of drug-likeness (QED) is 0.657. The third-order valence-corrected chi connectivity index (χ3v) is 2.66. The van der Waals surface area contributed by atoms with Crippen LogP contribution < -0.4 is 10.9 Å². The van der Waals surface area contributed by atoms with Gasteiger partial charge in [-0.2, -0.15) is 0 Å². The van der Waals surface area contributed by atoms with Crippen LogP contribution in [0.25, 0.3) is 0 Å². The summed E-state index contributed by atoms with van der Waals surface area (Å²) in [6, 6.07) is 0. The summed E-state index contributed by atoms with van der Waals surface area (Å²) in [6.07, 6.45) is 0.821. The molecule has 80 valence electrons. The Morgan fingerprint density at radius 3 is 2.87 bits per heavy atom. The standard InChI is InChI=1S/C10H12N2O3/c1-5-6-3-4-11-8(6)12-9(13)7(5)10(14)15-2/h3-4H2,1-2H3,(H2,11,12,13). The molecule has 2 N–H and O–H groups in total. The fourth-order valence-corrected chi connectivity index (χ4v) is 1.88. The number of carbonyl (C=O) groups is 1. The van der Waals surface area contributed by atoms with Gasteiger partial charge in [0, 0.05) is 6.54 Å². The fourth-order valence-electron chi connectivity index (χ4n) is 1.88. The first-order chi connectivity index (χ1) is 7.15. The van der Waals surface area contributed by atoms with Crippen molar-refractivity contribution in [3.63, 3.8) is 0 Å². The zero-order chi connectivity index (χ0) is 11.0. The maximum Gasteiger partial charge on any atom is 0.343 e. The molecule has 5 nitrogen and oxygen atoms in total. The Hall–Kier alpha value is -1.78. The Labute approximate surface area is 86.5 Å². The van der Waals surface area contributed by atoms with Crippen molar-refractivity contribution < 1.29 is 9.53 Å². The highest BCUT2D eigenvalue weighted by molar-refractivity contribution is 5.91. The molecular formula is C10H12N2O3. The Balaban J connectivity index is 2.66. The largest absolute Gasteiger partial charge is 0.465 e. The highest BCUT2D eigenvalue weighted by atomic mass is 16.5. The van der Waals surface area contributed by atoms with Gasteiger partial charge in [-0.3, -0.25) is 4.79 Å². The zero-order valence-corrected chi connectivity index (χ0v) is 8.64. The van der Waals surface area contributed by atoms with Gasteiger partial charge in [0.25, 0.3) is 5.56 Å². The van der Waals surface area contributed by atoms with Crippen molar-refractivity contribution in [3.05, 3.63) is 27.0 Å². The SMILES string of the molecule is COC(=O)c1c(C)c2c([nH]c1=O)NCC2. The number of anilines is 1. The van der Waals surface area contributed by atoms with E-state index in [1.165, 1.54) is 7.11 Å². The summed E-state index contributed by atoms with van der Waals surface area (Å²) in [7, 11) is 1.27. The maximum absolute atomic E-state index is 11.6. The van der Waals surface area contributed by atoms with Crippen LogP contribution in [0.15, 0.2) is 4.79 Å². The predicted octanol–water partition coefficient (Wildman–Crippen LogP) is 0.438. The number of fused-ring (bicyclic) bond motifs is 1. The van der Waals surface area contributed by atoms with Crippen LogP contribution in [0.1, 0.15) is 21.5 Å². The molecule has 15 heavy (non-hydrogen) atoms. The van der Waals surface area contributed by atoms with Crippen molar-refractivity contribution in [2.45, 2.75) is 13.3 Å². The van der Waals surface area contributed by atoms with Crippen molar-refractivity contribution >= 4 is 11.8 Å². The Kier molecular flexibility index (Phi) is 2.22. The molecule has 0 bridgehead atoms. The van der Waals surface area contributed by atoms with Gasteiger partial charge in [-0.15, -0.1) is 0 Å². The average Bonchev–Trinajstić information content (AvgIpc) is 2.65. The van der Waals surface area contributed by atoms with E-state index in [0.717, 1.165) is 24.3 Å². The van der Waals surface area contributed by atoms with Gasteiger partial charge in [0.05, 0.1) is 7.11 Å². The monoisotopic (exact) mass is 208 g/mol. The lowest BCUT2D eigenvalue weighted by atomic mass is 10.0. The van der Waals surface area contributed by atoms with Crippen LogP contribution >= 0.6 is 0 Å². The summed E-state index contributed by atoms with van der Waals surface area (Å²) in [5, 5.41) is 3.06. The molecule has 2 rings (SSSR count). The normalized spacial score (nSPS) is 13.2. The molecule has 1 aromatic rings. The number of aromatic nitrogens is 1. The number of carbonyl (C=O) groups excluding carboxylic acids is 1. The lowest BCUT2D eigenvalue weighted by Gasteiger charge is -2.07. The second-order valence-electron chi connectivity index (χ2n) is 3.48. The molecule has 0 atom stereocenters. The molecule has 5 heteroatoms. The van der Waals surface area contributed by atoms with E-state index in [1.54, 1.807) is 6.92 Å². The highest BCUT2D eigenvalue weighted by Crippen LogP contribution is 2.23. The van der Waals surface area contributed by atoms with E-state index in [9.17, 15) is 9.59 Å². The van der Waals surface area contributed by atoms with Gasteiger partial charge in [0.2, 0.25) is 0 Å². The van der Waals surface area contributed by atoms with Crippen molar-refractivity contribution in [1.82, 2.24) is 4.98 Å². The molecule has 0 amide bonds. The summed E-state index contributed by atoms with van der Waals surface area (Å²) in [5.41, 5.74) is 1.42. The summed E-state index contributed by atoms with van der Waals surface area (Å²) in [4.78, 5) is 25.6. The van der Waals surface area contributed by atoms with Gasteiger partial charge in [0.1, 0.15) is 11.4 Å². The molecule has 0 aliphatic carbocycles. The summed E-state index contributed by atoms with van der Waals surface area (Å²) in [5.74, 6) is 0.147. The van der Waals surface area contributed by atoms with Gasteiger partial charge in [-0.1, -0.05) is 0 Å². The minimum Gasteiger partial charge on any atom is -0.465 e. The number of ether oxygens (including phenoxy) is 1. The lowest BCUT2D eigenvalue weighted by molar-refractivity contribution is 0.0598. The first-order valence-electron chi connectivity index (χ1n) is 4.73. The van der Waals surface area contributed by atoms with E-state index in [1.807, 2.05) is 0 Å². The lowest BCUT2D eigenvalue weighted by Crippen LogP contribution is -2.22. The summed E-state index contributed by atoms with van der Waals surface area (Å²) in [6.45, 7) is 2.56. The van der Waals surface area contributed by atoms with Crippen LogP contribution in [0, 0.1) is 6.92 Å². The highest BCUT2D eigenvalue weighted by Gasteiger charge is 2.22. The van der Waals surface area contributed by atoms with E-state index in [0.29, 0.717) is 5.56 Å². The summed E-state index contributed by atoms with van der Waals surface area (Å²) < 4.78 is 4.58. The molecule has 0 saturated carbocycles. The number of hydrogen-bond acceptors (Lipinski definition) is 4. The second-order valence-corrected chi connectivity index (χ2v) is 3.48. The Bertz CT molecular complexity index is 476. The van der Waals surface area contributed by atoms with Gasteiger partial charge in [-0.05, 0) is 24.5 Å². The second kappa shape index (κ2) is 3.42. The number of aromatic amines is 1. The number of methoxy groups -OCH3 is 1. The van der Waals surface area contributed by atoms with Gasteiger partial charge in [-0.25, -0.2) is 4.79 Å². The van der Waals surface area contributed by atoms with Crippen molar-refractivity contribution in [1.29, 1.82) is 0 Å². The minimum absolute atomic E-state index is 0.111. The van der Waals surface area contributed by atoms with E-state index in [2.05, 4.69) is 15.0 Å². The van der Waals surface area contributed by atoms with Crippen LogP contribution in [0.2, 0.25) is 0 Å². The van der Waals surface area contributed by atoms with E-state index < -0.39 is 11.5 Å². The smallest absolute Gasteiger partial charge is 0.343 e. The third-order valence-electron chi connectivity index (χ3n) is 2.66. The predicted molar refractivity (Wildman–Crippen MR) is 55.3 cm³/mol. The first kappa shape index (κ1) is 9.76. The minimum atomic E-state index is -0.580. The molecule has 1 aliphatic heterocycles. The fraction of sp³-hybridized carbons (Fsp3) is 0.400. The Morgan fingerprint density at radius 1 is 1.47 bits per heavy atom. The number of esters is 1. The van der Waals surface area contributed by atoms with E-state index in [4.69, 9.17) is 0 Å². The van der Waals surface area contributed by atoms with E-state index >= 15 is 0 Å². The molecule has 1 aromatic heterocycles. The molecule has 1 aliphatic rings. The molecule has 0 unspecified atom stereocenters. The van der Waals surface area contributed by atoms with Gasteiger partial charge in [0.15, 0.2) is 0 Å².